The quantitative estimate of drug-likeness (QED) is 0.616. The van der Waals surface area contributed by atoms with E-state index in [0.717, 1.165) is 30.0 Å². The largest absolute Gasteiger partial charge is 0.462 e. The molecule has 0 spiro atoms. The van der Waals surface area contributed by atoms with E-state index in [9.17, 15) is 18.0 Å². The molecule has 0 fully saturated rings. The fourth-order valence-corrected chi connectivity index (χ4v) is 1.86. The van der Waals surface area contributed by atoms with Crippen molar-refractivity contribution in [3.8, 4) is 0 Å². The van der Waals surface area contributed by atoms with Gasteiger partial charge in [-0.05, 0) is 31.4 Å². The predicted molar refractivity (Wildman–Crippen MR) is 59.2 cm³/mol. The summed E-state index contributed by atoms with van der Waals surface area (Å²) in [6.45, 7) is 1.83. The Kier molecular flexibility index (Phi) is 4.45. The van der Waals surface area contributed by atoms with E-state index in [1.807, 2.05) is 0 Å². The Bertz CT molecular complexity index is 416. The summed E-state index contributed by atoms with van der Waals surface area (Å²) in [7, 11) is 0. The van der Waals surface area contributed by atoms with Crippen LogP contribution >= 0.6 is 11.8 Å². The van der Waals surface area contributed by atoms with E-state index < -0.39 is 17.7 Å². The summed E-state index contributed by atoms with van der Waals surface area (Å²) in [5.41, 5.74) is -0.609. The van der Waals surface area contributed by atoms with Crippen molar-refractivity contribution in [2.75, 3.05) is 12.9 Å². The lowest BCUT2D eigenvalue weighted by Crippen LogP contribution is -2.09. The number of carbonyl (C=O) groups is 1. The van der Waals surface area contributed by atoms with Crippen molar-refractivity contribution < 1.29 is 22.7 Å². The Morgan fingerprint density at radius 2 is 2.06 bits per heavy atom. The average Bonchev–Trinajstić information content (AvgIpc) is 2.27. The van der Waals surface area contributed by atoms with E-state index >= 15 is 0 Å². The smallest absolute Gasteiger partial charge is 0.416 e. The SMILES string of the molecule is CCOC(=O)c1ccc(C(F)(F)F)cc1SC. The number of rotatable bonds is 3. The number of hydrogen-bond donors (Lipinski definition) is 0. The van der Waals surface area contributed by atoms with Gasteiger partial charge in [-0.3, -0.25) is 0 Å². The number of carbonyl (C=O) groups excluding carboxylic acids is 1. The topological polar surface area (TPSA) is 26.3 Å². The van der Waals surface area contributed by atoms with E-state index in [1.165, 1.54) is 0 Å². The van der Waals surface area contributed by atoms with Crippen molar-refractivity contribution in [1.82, 2.24) is 0 Å². The minimum Gasteiger partial charge on any atom is -0.462 e. The highest BCUT2D eigenvalue weighted by molar-refractivity contribution is 7.98. The minimum atomic E-state index is -4.41. The molecule has 94 valence electrons. The Balaban J connectivity index is 3.14. The zero-order chi connectivity index (χ0) is 13.1. The summed E-state index contributed by atoms with van der Waals surface area (Å²) < 4.78 is 42.1. The monoisotopic (exact) mass is 264 g/mol. The molecule has 0 aliphatic carbocycles. The Labute approximate surface area is 101 Å². The first kappa shape index (κ1) is 13.9. The highest BCUT2D eigenvalue weighted by Gasteiger charge is 2.31. The van der Waals surface area contributed by atoms with Gasteiger partial charge in [0, 0.05) is 4.90 Å². The van der Waals surface area contributed by atoms with Crippen LogP contribution in [0.5, 0.6) is 0 Å². The number of esters is 1. The number of alkyl halides is 3. The van der Waals surface area contributed by atoms with E-state index in [1.54, 1.807) is 13.2 Å². The van der Waals surface area contributed by atoms with Crippen LogP contribution in [-0.2, 0) is 10.9 Å². The van der Waals surface area contributed by atoms with Gasteiger partial charge in [-0.15, -0.1) is 11.8 Å². The van der Waals surface area contributed by atoms with Crippen molar-refractivity contribution >= 4 is 17.7 Å². The molecule has 0 atom stereocenters. The van der Waals surface area contributed by atoms with E-state index in [4.69, 9.17) is 4.74 Å². The van der Waals surface area contributed by atoms with Crippen LogP contribution in [0, 0.1) is 0 Å². The van der Waals surface area contributed by atoms with Gasteiger partial charge in [0.25, 0.3) is 0 Å². The Morgan fingerprint density at radius 1 is 1.41 bits per heavy atom. The molecule has 17 heavy (non-hydrogen) atoms. The summed E-state index contributed by atoms with van der Waals surface area (Å²) in [6.07, 6.45) is -2.80. The first-order chi connectivity index (χ1) is 7.90. The number of ether oxygens (including phenoxy) is 1. The van der Waals surface area contributed by atoms with Gasteiger partial charge in [0.1, 0.15) is 0 Å². The van der Waals surface area contributed by atoms with Crippen molar-refractivity contribution in [3.05, 3.63) is 29.3 Å². The average molecular weight is 264 g/mol. The molecule has 0 aliphatic heterocycles. The maximum Gasteiger partial charge on any atom is 0.416 e. The molecule has 0 aliphatic rings. The van der Waals surface area contributed by atoms with Gasteiger partial charge in [-0.25, -0.2) is 4.79 Å². The van der Waals surface area contributed by atoms with E-state index in [-0.39, 0.29) is 17.1 Å². The lowest BCUT2D eigenvalue weighted by atomic mass is 10.1. The van der Waals surface area contributed by atoms with Gasteiger partial charge in [0.05, 0.1) is 17.7 Å². The molecule has 0 N–H and O–H groups in total. The third kappa shape index (κ3) is 3.39. The molecule has 1 rings (SSSR count). The number of benzene rings is 1. The second-order valence-electron chi connectivity index (χ2n) is 3.13. The lowest BCUT2D eigenvalue weighted by molar-refractivity contribution is -0.137. The van der Waals surface area contributed by atoms with Gasteiger partial charge >= 0.3 is 12.1 Å². The predicted octanol–water partition coefficient (Wildman–Crippen LogP) is 3.60. The highest BCUT2D eigenvalue weighted by atomic mass is 32.2. The number of halogens is 3. The molecular weight excluding hydrogens is 253 g/mol. The maximum atomic E-state index is 12.5. The molecule has 0 saturated carbocycles. The molecule has 1 aromatic rings. The van der Waals surface area contributed by atoms with Crippen LogP contribution < -0.4 is 0 Å². The second kappa shape index (κ2) is 5.44. The third-order valence-corrected chi connectivity index (χ3v) is 2.80. The van der Waals surface area contributed by atoms with Crippen LogP contribution in [0.15, 0.2) is 23.1 Å². The van der Waals surface area contributed by atoms with Gasteiger partial charge < -0.3 is 4.74 Å². The van der Waals surface area contributed by atoms with Gasteiger partial charge in [0.2, 0.25) is 0 Å². The number of thioether (sulfide) groups is 1. The third-order valence-electron chi connectivity index (χ3n) is 2.02. The van der Waals surface area contributed by atoms with Gasteiger partial charge in [0.15, 0.2) is 0 Å². The van der Waals surface area contributed by atoms with Crippen LogP contribution in [0.25, 0.3) is 0 Å². The summed E-state index contributed by atoms with van der Waals surface area (Å²) >= 11 is 1.08. The minimum absolute atomic E-state index is 0.160. The Morgan fingerprint density at radius 3 is 2.53 bits per heavy atom. The second-order valence-corrected chi connectivity index (χ2v) is 3.98. The zero-order valence-electron chi connectivity index (χ0n) is 9.30. The first-order valence-electron chi connectivity index (χ1n) is 4.82. The van der Waals surface area contributed by atoms with Crippen molar-refractivity contribution in [3.63, 3.8) is 0 Å². The molecule has 0 radical (unpaired) electrons. The van der Waals surface area contributed by atoms with E-state index in [0.29, 0.717) is 0 Å². The van der Waals surface area contributed by atoms with Crippen LogP contribution in [0.2, 0.25) is 0 Å². The lowest BCUT2D eigenvalue weighted by Gasteiger charge is -2.11. The van der Waals surface area contributed by atoms with Crippen molar-refractivity contribution in [2.24, 2.45) is 0 Å². The van der Waals surface area contributed by atoms with Gasteiger partial charge in [-0.1, -0.05) is 0 Å². The summed E-state index contributed by atoms with van der Waals surface area (Å²) in [5, 5.41) is 0. The van der Waals surface area contributed by atoms with Crippen molar-refractivity contribution in [1.29, 1.82) is 0 Å². The highest BCUT2D eigenvalue weighted by Crippen LogP contribution is 2.33. The molecule has 0 saturated heterocycles. The molecule has 2 nitrogen and oxygen atoms in total. The van der Waals surface area contributed by atoms with E-state index in [2.05, 4.69) is 0 Å². The summed E-state index contributed by atoms with van der Waals surface area (Å²) in [6, 6.07) is 2.98. The van der Waals surface area contributed by atoms with Gasteiger partial charge in [-0.2, -0.15) is 13.2 Å². The Hall–Kier alpha value is -1.17. The maximum absolute atomic E-state index is 12.5. The summed E-state index contributed by atoms with van der Waals surface area (Å²) in [5.74, 6) is -0.606. The zero-order valence-corrected chi connectivity index (χ0v) is 10.1. The molecule has 1 aromatic carbocycles. The fourth-order valence-electron chi connectivity index (χ4n) is 1.25. The van der Waals surface area contributed by atoms with Crippen LogP contribution in [0.1, 0.15) is 22.8 Å². The van der Waals surface area contributed by atoms with Crippen LogP contribution in [-0.4, -0.2) is 18.8 Å². The molecule has 0 heterocycles. The molecule has 0 aromatic heterocycles. The first-order valence-corrected chi connectivity index (χ1v) is 6.05. The molecule has 6 heteroatoms. The standard InChI is InChI=1S/C11H11F3O2S/c1-3-16-10(15)8-5-4-7(11(12,13)14)6-9(8)17-2/h4-6H,3H2,1-2H3. The molecule has 0 bridgehead atoms. The number of hydrogen-bond acceptors (Lipinski definition) is 3. The molecule has 0 amide bonds. The van der Waals surface area contributed by atoms with Crippen LogP contribution in [0.3, 0.4) is 0 Å². The van der Waals surface area contributed by atoms with Crippen molar-refractivity contribution in [2.45, 2.75) is 18.0 Å². The fraction of sp³-hybridized carbons (Fsp3) is 0.364. The normalized spacial score (nSPS) is 11.4. The molecule has 0 unspecified atom stereocenters. The summed E-state index contributed by atoms with van der Waals surface area (Å²) in [4.78, 5) is 11.7. The van der Waals surface area contributed by atoms with Crippen LogP contribution in [0.4, 0.5) is 13.2 Å². The molecular formula is C11H11F3O2S.